The molecule has 0 aliphatic carbocycles. The molecule has 0 radical (unpaired) electrons. The van der Waals surface area contributed by atoms with Crippen LogP contribution in [0.25, 0.3) is 21.5 Å². The fourth-order valence-corrected chi connectivity index (χ4v) is 3.68. The maximum Gasteiger partial charge on any atom is 0.257 e. The highest BCUT2D eigenvalue weighted by Gasteiger charge is 2.15. The Hall–Kier alpha value is -3.05. The molecular formula is C21H17N3OS. The molecule has 5 heteroatoms. The van der Waals surface area contributed by atoms with Gasteiger partial charge < -0.3 is 5.32 Å². The number of fused-ring (bicyclic) bond motifs is 1. The van der Waals surface area contributed by atoms with Crippen molar-refractivity contribution in [2.24, 2.45) is 0 Å². The second kappa shape index (κ2) is 6.69. The Bertz CT molecular complexity index is 1120. The van der Waals surface area contributed by atoms with Gasteiger partial charge in [-0.05, 0) is 55.8 Å². The lowest BCUT2D eigenvalue weighted by atomic mass is 10.1. The van der Waals surface area contributed by atoms with Gasteiger partial charge in [-0.2, -0.15) is 0 Å². The standard InChI is InChI=1S/C21H17N3OS/c1-13-9-10-22-20(11-13)24-21(25)16-12-18(19-8-7-14(2)26-19)23-17-6-4-3-5-15(16)17/h3-12H,1-2H3,(H,22,24,25). The summed E-state index contributed by atoms with van der Waals surface area (Å²) in [6.45, 7) is 4.03. The zero-order chi connectivity index (χ0) is 18.1. The van der Waals surface area contributed by atoms with E-state index in [4.69, 9.17) is 4.98 Å². The number of aryl methyl sites for hydroxylation is 2. The predicted octanol–water partition coefficient (Wildman–Crippen LogP) is 5.23. The zero-order valence-electron chi connectivity index (χ0n) is 14.5. The number of aromatic nitrogens is 2. The van der Waals surface area contributed by atoms with Gasteiger partial charge >= 0.3 is 0 Å². The molecule has 4 rings (SSSR count). The van der Waals surface area contributed by atoms with Gasteiger partial charge in [0.25, 0.3) is 5.91 Å². The van der Waals surface area contributed by atoms with Gasteiger partial charge in [0.05, 0.1) is 21.7 Å². The highest BCUT2D eigenvalue weighted by molar-refractivity contribution is 7.15. The number of carbonyl (C=O) groups is 1. The van der Waals surface area contributed by atoms with Crippen LogP contribution in [0.3, 0.4) is 0 Å². The highest BCUT2D eigenvalue weighted by atomic mass is 32.1. The summed E-state index contributed by atoms with van der Waals surface area (Å²) in [5, 5.41) is 3.73. The van der Waals surface area contributed by atoms with E-state index >= 15 is 0 Å². The second-order valence-electron chi connectivity index (χ2n) is 6.16. The number of carbonyl (C=O) groups excluding carboxylic acids is 1. The van der Waals surface area contributed by atoms with E-state index in [1.165, 1.54) is 4.88 Å². The largest absolute Gasteiger partial charge is 0.307 e. The Labute approximate surface area is 155 Å². The topological polar surface area (TPSA) is 54.9 Å². The number of benzene rings is 1. The molecule has 1 N–H and O–H groups in total. The number of hydrogen-bond donors (Lipinski definition) is 1. The van der Waals surface area contributed by atoms with Crippen LogP contribution in [0, 0.1) is 13.8 Å². The zero-order valence-corrected chi connectivity index (χ0v) is 15.3. The highest BCUT2D eigenvalue weighted by Crippen LogP contribution is 2.30. The molecular weight excluding hydrogens is 342 g/mol. The van der Waals surface area contributed by atoms with Crippen LogP contribution in [0.2, 0.25) is 0 Å². The average Bonchev–Trinajstić information content (AvgIpc) is 3.07. The molecule has 0 saturated carbocycles. The van der Waals surface area contributed by atoms with Crippen LogP contribution in [0.4, 0.5) is 5.82 Å². The van der Waals surface area contributed by atoms with Gasteiger partial charge in [-0.3, -0.25) is 4.79 Å². The molecule has 3 aromatic heterocycles. The summed E-state index contributed by atoms with van der Waals surface area (Å²) in [4.78, 5) is 24.2. The Balaban J connectivity index is 1.81. The van der Waals surface area contributed by atoms with Crippen LogP contribution >= 0.6 is 11.3 Å². The molecule has 0 unspecified atom stereocenters. The Morgan fingerprint density at radius 3 is 2.65 bits per heavy atom. The van der Waals surface area contributed by atoms with Crippen LogP contribution in [0.1, 0.15) is 20.8 Å². The quantitative estimate of drug-likeness (QED) is 0.545. The SMILES string of the molecule is Cc1ccnc(NC(=O)c2cc(-c3ccc(C)s3)nc3ccccc23)c1. The minimum Gasteiger partial charge on any atom is -0.307 e. The minimum absolute atomic E-state index is 0.184. The van der Waals surface area contributed by atoms with Crippen molar-refractivity contribution in [1.82, 2.24) is 9.97 Å². The van der Waals surface area contributed by atoms with Crippen LogP contribution in [-0.2, 0) is 0 Å². The summed E-state index contributed by atoms with van der Waals surface area (Å²) in [7, 11) is 0. The molecule has 0 bridgehead atoms. The van der Waals surface area contributed by atoms with Crippen molar-refractivity contribution in [2.45, 2.75) is 13.8 Å². The first-order valence-corrected chi connectivity index (χ1v) is 9.12. The van der Waals surface area contributed by atoms with E-state index in [1.807, 2.05) is 55.5 Å². The van der Waals surface area contributed by atoms with Crippen LogP contribution in [0.15, 0.2) is 60.8 Å². The van der Waals surface area contributed by atoms with E-state index in [-0.39, 0.29) is 5.91 Å². The molecule has 0 fully saturated rings. The first-order chi connectivity index (χ1) is 12.6. The number of pyridine rings is 2. The molecule has 3 heterocycles. The molecule has 1 aromatic carbocycles. The first kappa shape index (κ1) is 16.4. The number of hydrogen-bond acceptors (Lipinski definition) is 4. The van der Waals surface area contributed by atoms with Gasteiger partial charge in [0.15, 0.2) is 0 Å². The molecule has 4 nitrogen and oxygen atoms in total. The van der Waals surface area contributed by atoms with E-state index < -0.39 is 0 Å². The predicted molar refractivity (Wildman–Crippen MR) is 107 cm³/mol. The van der Waals surface area contributed by atoms with Gasteiger partial charge in [0.1, 0.15) is 5.82 Å². The number of rotatable bonds is 3. The number of thiophene rings is 1. The van der Waals surface area contributed by atoms with Crippen LogP contribution < -0.4 is 5.32 Å². The van der Waals surface area contributed by atoms with Gasteiger partial charge in [-0.25, -0.2) is 9.97 Å². The normalized spacial score (nSPS) is 10.8. The van der Waals surface area contributed by atoms with Gasteiger partial charge in [-0.15, -0.1) is 11.3 Å². The minimum atomic E-state index is -0.184. The number of nitrogens with zero attached hydrogens (tertiary/aromatic N) is 2. The number of para-hydroxylation sites is 1. The van der Waals surface area contributed by atoms with E-state index in [1.54, 1.807) is 17.5 Å². The summed E-state index contributed by atoms with van der Waals surface area (Å²) >= 11 is 1.67. The fraction of sp³-hybridized carbons (Fsp3) is 0.0952. The van der Waals surface area contributed by atoms with Gasteiger partial charge in [0.2, 0.25) is 0 Å². The smallest absolute Gasteiger partial charge is 0.257 e. The Morgan fingerprint density at radius 2 is 1.88 bits per heavy atom. The fourth-order valence-electron chi connectivity index (χ4n) is 2.85. The molecule has 0 aliphatic rings. The van der Waals surface area contributed by atoms with Crippen molar-refractivity contribution in [3.05, 3.63) is 76.8 Å². The maximum absolute atomic E-state index is 13.0. The van der Waals surface area contributed by atoms with Crippen LogP contribution in [-0.4, -0.2) is 15.9 Å². The van der Waals surface area contributed by atoms with E-state index in [0.29, 0.717) is 11.4 Å². The molecule has 0 saturated heterocycles. The van der Waals surface area contributed by atoms with Crippen molar-refractivity contribution in [2.75, 3.05) is 5.32 Å². The Morgan fingerprint density at radius 1 is 1.04 bits per heavy atom. The van der Waals surface area contributed by atoms with E-state index in [2.05, 4.69) is 23.3 Å². The number of amides is 1. The maximum atomic E-state index is 13.0. The summed E-state index contributed by atoms with van der Waals surface area (Å²) in [6.07, 6.45) is 1.69. The Kier molecular flexibility index (Phi) is 4.22. The van der Waals surface area contributed by atoms with Crippen molar-refractivity contribution in [3.63, 3.8) is 0 Å². The molecule has 0 spiro atoms. The van der Waals surface area contributed by atoms with E-state index in [0.717, 1.165) is 27.0 Å². The van der Waals surface area contributed by atoms with Gasteiger partial charge in [0, 0.05) is 16.5 Å². The lowest BCUT2D eigenvalue weighted by Crippen LogP contribution is -2.14. The third-order valence-corrected chi connectivity index (χ3v) is 5.13. The summed E-state index contributed by atoms with van der Waals surface area (Å²) < 4.78 is 0. The third-order valence-electron chi connectivity index (χ3n) is 4.11. The number of anilines is 1. The monoisotopic (exact) mass is 359 g/mol. The molecule has 0 aliphatic heterocycles. The average molecular weight is 359 g/mol. The lowest BCUT2D eigenvalue weighted by Gasteiger charge is -2.10. The second-order valence-corrected chi connectivity index (χ2v) is 7.44. The third kappa shape index (κ3) is 3.21. The van der Waals surface area contributed by atoms with Gasteiger partial charge in [-0.1, -0.05) is 18.2 Å². The number of nitrogens with one attached hydrogen (secondary N) is 1. The summed E-state index contributed by atoms with van der Waals surface area (Å²) in [6, 6.07) is 17.4. The molecule has 0 atom stereocenters. The van der Waals surface area contributed by atoms with Crippen LogP contribution in [0.5, 0.6) is 0 Å². The molecule has 128 valence electrons. The summed E-state index contributed by atoms with van der Waals surface area (Å²) in [5.74, 6) is 0.362. The lowest BCUT2D eigenvalue weighted by molar-refractivity contribution is 0.102. The molecule has 1 amide bonds. The van der Waals surface area contributed by atoms with Crippen molar-refractivity contribution in [3.8, 4) is 10.6 Å². The first-order valence-electron chi connectivity index (χ1n) is 8.31. The van der Waals surface area contributed by atoms with E-state index in [9.17, 15) is 4.79 Å². The van der Waals surface area contributed by atoms with Crippen molar-refractivity contribution in [1.29, 1.82) is 0 Å². The summed E-state index contributed by atoms with van der Waals surface area (Å²) in [5.41, 5.74) is 3.26. The molecule has 4 aromatic rings. The van der Waals surface area contributed by atoms with Crippen molar-refractivity contribution < 1.29 is 4.79 Å². The molecule has 26 heavy (non-hydrogen) atoms. The van der Waals surface area contributed by atoms with Crippen molar-refractivity contribution >= 4 is 34.0 Å².